The zero-order valence-electron chi connectivity index (χ0n) is 10.8. The van der Waals surface area contributed by atoms with Gasteiger partial charge in [-0.05, 0) is 31.2 Å². The molecule has 0 aromatic heterocycles. The van der Waals surface area contributed by atoms with Crippen LogP contribution in [0.4, 0.5) is 4.39 Å². The molecule has 0 aliphatic carbocycles. The van der Waals surface area contributed by atoms with E-state index in [0.717, 1.165) is 0 Å². The van der Waals surface area contributed by atoms with Crippen LogP contribution in [-0.2, 0) is 9.59 Å². The summed E-state index contributed by atoms with van der Waals surface area (Å²) in [5, 5.41) is 17.8. The summed E-state index contributed by atoms with van der Waals surface area (Å²) in [5.41, 5.74) is 0.787. The molecule has 1 aromatic carbocycles. The van der Waals surface area contributed by atoms with Crippen LogP contribution in [0.3, 0.4) is 0 Å². The highest BCUT2D eigenvalue weighted by Crippen LogP contribution is 2.22. The molecular weight excluding hydrogens is 253 g/mol. The van der Waals surface area contributed by atoms with Crippen molar-refractivity contribution >= 4 is 11.9 Å². The first-order valence-electron chi connectivity index (χ1n) is 5.74. The van der Waals surface area contributed by atoms with Crippen LogP contribution in [0.15, 0.2) is 18.2 Å². The van der Waals surface area contributed by atoms with Crippen molar-refractivity contribution in [3.05, 3.63) is 35.1 Å². The Morgan fingerprint density at radius 3 is 2.47 bits per heavy atom. The fourth-order valence-electron chi connectivity index (χ4n) is 1.82. The Labute approximate surface area is 110 Å². The molecule has 0 bridgehead atoms. The van der Waals surface area contributed by atoms with Crippen LogP contribution in [0, 0.1) is 12.7 Å². The molecule has 0 aliphatic heterocycles. The number of nitrogens with zero attached hydrogens (tertiary/aromatic N) is 1. The lowest BCUT2D eigenvalue weighted by Crippen LogP contribution is -2.32. The monoisotopic (exact) mass is 269 g/mol. The van der Waals surface area contributed by atoms with Gasteiger partial charge in [0.25, 0.3) is 0 Å². The van der Waals surface area contributed by atoms with Gasteiger partial charge < -0.3 is 10.2 Å². The number of aliphatic carboxylic acids is 2. The molecule has 0 amide bonds. The Balaban J connectivity index is 2.96. The second-order valence-corrected chi connectivity index (χ2v) is 4.37. The molecule has 6 heteroatoms. The third-order valence-electron chi connectivity index (χ3n) is 2.85. The number of aryl methyl sites for hydroxylation is 1. The van der Waals surface area contributed by atoms with Crippen LogP contribution in [-0.4, -0.2) is 40.6 Å². The zero-order chi connectivity index (χ0) is 14.6. The van der Waals surface area contributed by atoms with Crippen LogP contribution in [0.1, 0.15) is 23.6 Å². The standard InChI is InChI=1S/C13H16FNO4/c1-8-7-9(3-4-10(8)14)12(13(18)19)15(2)6-5-11(16)17/h3-4,7,12H,5-6H2,1-2H3,(H,16,17)(H,18,19). The molecule has 1 unspecified atom stereocenters. The molecule has 104 valence electrons. The normalized spacial score (nSPS) is 12.4. The number of hydrogen-bond acceptors (Lipinski definition) is 3. The van der Waals surface area contributed by atoms with Crippen LogP contribution < -0.4 is 0 Å². The van der Waals surface area contributed by atoms with E-state index in [9.17, 15) is 19.1 Å². The fourth-order valence-corrected chi connectivity index (χ4v) is 1.82. The lowest BCUT2D eigenvalue weighted by atomic mass is 10.0. The Kier molecular flexibility index (Phi) is 5.00. The van der Waals surface area contributed by atoms with Gasteiger partial charge in [-0.15, -0.1) is 0 Å². The van der Waals surface area contributed by atoms with E-state index in [1.54, 1.807) is 6.92 Å². The van der Waals surface area contributed by atoms with Gasteiger partial charge in [0.2, 0.25) is 0 Å². The number of benzene rings is 1. The summed E-state index contributed by atoms with van der Waals surface area (Å²) in [6, 6.07) is 3.09. The van der Waals surface area contributed by atoms with Crippen LogP contribution in [0.25, 0.3) is 0 Å². The summed E-state index contributed by atoms with van der Waals surface area (Å²) in [5.74, 6) is -2.49. The Morgan fingerprint density at radius 1 is 1.37 bits per heavy atom. The van der Waals surface area contributed by atoms with Gasteiger partial charge in [-0.25, -0.2) is 4.39 Å². The van der Waals surface area contributed by atoms with Crippen LogP contribution in [0.5, 0.6) is 0 Å². The molecule has 0 fully saturated rings. The van der Waals surface area contributed by atoms with Gasteiger partial charge in [-0.1, -0.05) is 12.1 Å². The highest BCUT2D eigenvalue weighted by atomic mass is 19.1. The number of halogens is 1. The van der Waals surface area contributed by atoms with Crippen molar-refractivity contribution in [2.45, 2.75) is 19.4 Å². The van der Waals surface area contributed by atoms with Gasteiger partial charge in [0.1, 0.15) is 11.9 Å². The number of carboxylic acid groups (broad SMARTS) is 2. The SMILES string of the molecule is Cc1cc(C(C(=O)O)N(C)CCC(=O)O)ccc1F. The minimum absolute atomic E-state index is 0.0999. The van der Waals surface area contributed by atoms with E-state index >= 15 is 0 Å². The maximum atomic E-state index is 13.2. The average molecular weight is 269 g/mol. The molecule has 1 rings (SSSR count). The molecule has 1 atom stereocenters. The number of carboxylic acids is 2. The predicted molar refractivity (Wildman–Crippen MR) is 66.4 cm³/mol. The summed E-state index contributed by atoms with van der Waals surface area (Å²) in [4.78, 5) is 23.2. The fraction of sp³-hybridized carbons (Fsp3) is 0.385. The van der Waals surface area contributed by atoms with Crippen molar-refractivity contribution in [2.24, 2.45) is 0 Å². The summed E-state index contributed by atoms with van der Waals surface area (Å²) >= 11 is 0. The van der Waals surface area contributed by atoms with Gasteiger partial charge >= 0.3 is 11.9 Å². The van der Waals surface area contributed by atoms with Crippen molar-refractivity contribution in [1.82, 2.24) is 4.90 Å². The van der Waals surface area contributed by atoms with Crippen molar-refractivity contribution in [2.75, 3.05) is 13.6 Å². The number of likely N-dealkylation sites (N-methyl/N-ethyl adjacent to an activating group) is 1. The smallest absolute Gasteiger partial charge is 0.325 e. The molecule has 0 radical (unpaired) electrons. The maximum Gasteiger partial charge on any atom is 0.325 e. The quantitative estimate of drug-likeness (QED) is 0.821. The summed E-state index contributed by atoms with van der Waals surface area (Å²) in [7, 11) is 1.53. The van der Waals surface area contributed by atoms with Crippen molar-refractivity contribution in [1.29, 1.82) is 0 Å². The van der Waals surface area contributed by atoms with E-state index in [4.69, 9.17) is 5.11 Å². The van der Waals surface area contributed by atoms with Crippen LogP contribution in [0.2, 0.25) is 0 Å². The molecule has 5 nitrogen and oxygen atoms in total. The molecule has 0 aliphatic rings. The van der Waals surface area contributed by atoms with Crippen LogP contribution >= 0.6 is 0 Å². The number of rotatable bonds is 6. The first-order valence-corrected chi connectivity index (χ1v) is 5.74. The van der Waals surface area contributed by atoms with Gasteiger partial charge in [0.15, 0.2) is 0 Å². The lowest BCUT2D eigenvalue weighted by Gasteiger charge is -2.24. The molecule has 2 N–H and O–H groups in total. The van der Waals surface area contributed by atoms with E-state index in [1.807, 2.05) is 0 Å². The topological polar surface area (TPSA) is 77.8 Å². The highest BCUT2D eigenvalue weighted by molar-refractivity contribution is 5.75. The van der Waals surface area contributed by atoms with Gasteiger partial charge in [0.05, 0.1) is 6.42 Å². The van der Waals surface area contributed by atoms with E-state index in [-0.39, 0.29) is 13.0 Å². The number of hydrogen-bond donors (Lipinski definition) is 2. The molecule has 0 heterocycles. The third-order valence-corrected chi connectivity index (χ3v) is 2.85. The van der Waals surface area contributed by atoms with Gasteiger partial charge in [0, 0.05) is 6.54 Å². The zero-order valence-corrected chi connectivity index (χ0v) is 10.8. The Morgan fingerprint density at radius 2 is 2.00 bits per heavy atom. The van der Waals surface area contributed by atoms with Gasteiger partial charge in [-0.3, -0.25) is 14.5 Å². The average Bonchev–Trinajstić information content (AvgIpc) is 2.31. The molecule has 0 spiro atoms. The molecule has 1 aromatic rings. The molecule has 19 heavy (non-hydrogen) atoms. The molecule has 0 saturated carbocycles. The van der Waals surface area contributed by atoms with E-state index < -0.39 is 23.8 Å². The van der Waals surface area contributed by atoms with E-state index in [2.05, 4.69) is 0 Å². The Bertz CT molecular complexity index is 490. The van der Waals surface area contributed by atoms with Crippen molar-refractivity contribution < 1.29 is 24.2 Å². The van der Waals surface area contributed by atoms with E-state index in [1.165, 1.54) is 30.1 Å². The minimum atomic E-state index is -1.10. The molecular formula is C13H16FNO4. The number of carbonyl (C=O) groups is 2. The Hall–Kier alpha value is -1.95. The third kappa shape index (κ3) is 4.03. The minimum Gasteiger partial charge on any atom is -0.481 e. The summed E-state index contributed by atoms with van der Waals surface area (Å²) in [6.07, 6.45) is -0.152. The van der Waals surface area contributed by atoms with Crippen molar-refractivity contribution in [3.8, 4) is 0 Å². The second-order valence-electron chi connectivity index (χ2n) is 4.37. The molecule has 0 saturated heterocycles. The first-order chi connectivity index (χ1) is 8.82. The van der Waals surface area contributed by atoms with Gasteiger partial charge in [-0.2, -0.15) is 0 Å². The van der Waals surface area contributed by atoms with Crippen molar-refractivity contribution in [3.63, 3.8) is 0 Å². The largest absolute Gasteiger partial charge is 0.481 e. The predicted octanol–water partition coefficient (Wildman–Crippen LogP) is 1.67. The summed E-state index contributed by atoms with van der Waals surface area (Å²) < 4.78 is 13.2. The highest BCUT2D eigenvalue weighted by Gasteiger charge is 2.25. The second kappa shape index (κ2) is 6.29. The lowest BCUT2D eigenvalue weighted by molar-refractivity contribution is -0.144. The van der Waals surface area contributed by atoms with E-state index in [0.29, 0.717) is 11.1 Å². The maximum absolute atomic E-state index is 13.2. The first kappa shape index (κ1) is 15.1. The summed E-state index contributed by atoms with van der Waals surface area (Å²) in [6.45, 7) is 1.65.